The van der Waals surface area contributed by atoms with Gasteiger partial charge >= 0.3 is 6.01 Å². The van der Waals surface area contributed by atoms with Gasteiger partial charge in [-0.05, 0) is 31.6 Å². The zero-order valence-electron chi connectivity index (χ0n) is 9.99. The van der Waals surface area contributed by atoms with Gasteiger partial charge in [0.25, 0.3) is 0 Å². The Kier molecular flexibility index (Phi) is 3.14. The predicted molar refractivity (Wildman–Crippen MR) is 62.0 cm³/mol. The van der Waals surface area contributed by atoms with Crippen molar-refractivity contribution >= 4 is 6.01 Å². The van der Waals surface area contributed by atoms with E-state index in [1.165, 1.54) is 25.7 Å². The normalized spacial score (nSPS) is 19.4. The molecule has 5 heteroatoms. The fourth-order valence-corrected chi connectivity index (χ4v) is 1.98. The van der Waals surface area contributed by atoms with E-state index >= 15 is 0 Å². The van der Waals surface area contributed by atoms with E-state index in [2.05, 4.69) is 22.4 Å². The lowest BCUT2D eigenvalue weighted by Crippen LogP contribution is -2.15. The highest BCUT2D eigenvalue weighted by molar-refractivity contribution is 5.19. The number of anilines is 1. The summed E-state index contributed by atoms with van der Waals surface area (Å²) in [4.78, 5) is 0. The first-order valence-corrected chi connectivity index (χ1v) is 5.98. The molecule has 5 nitrogen and oxygen atoms in total. The molecule has 1 aromatic heterocycles. The summed E-state index contributed by atoms with van der Waals surface area (Å²) in [6.07, 6.45) is 5.12. The highest BCUT2D eigenvalue weighted by atomic mass is 16.4. The van der Waals surface area contributed by atoms with Gasteiger partial charge in [-0.1, -0.05) is 18.4 Å². The average molecular weight is 224 g/mol. The molecule has 1 heterocycles. The molecule has 0 bridgehead atoms. The molecular weight excluding hydrogens is 204 g/mol. The van der Waals surface area contributed by atoms with E-state index < -0.39 is 0 Å². The Labute approximate surface area is 95.8 Å². The van der Waals surface area contributed by atoms with Crippen molar-refractivity contribution in [3.05, 3.63) is 5.89 Å². The standard InChI is InChI=1S/C11H20N4O/c1-3-4-11(5-6-11)7-13-10-15-14-9(16-10)8(2)12/h8H,3-7,12H2,1-2H3,(H,13,15). The molecule has 0 saturated heterocycles. The number of rotatable bonds is 6. The SMILES string of the molecule is CCCC1(CNc2nnc(C(C)N)o2)CC1. The summed E-state index contributed by atoms with van der Waals surface area (Å²) in [5.41, 5.74) is 6.13. The number of nitrogens with two attached hydrogens (primary N) is 1. The molecule has 0 spiro atoms. The van der Waals surface area contributed by atoms with Crippen LogP contribution < -0.4 is 11.1 Å². The second-order valence-electron chi connectivity index (χ2n) is 4.84. The van der Waals surface area contributed by atoms with Crippen molar-refractivity contribution in [1.29, 1.82) is 0 Å². The Morgan fingerprint density at radius 2 is 2.25 bits per heavy atom. The van der Waals surface area contributed by atoms with Crippen molar-refractivity contribution in [2.45, 2.75) is 45.6 Å². The third-order valence-electron chi connectivity index (χ3n) is 3.18. The molecule has 1 saturated carbocycles. The van der Waals surface area contributed by atoms with E-state index in [0.29, 0.717) is 17.3 Å². The van der Waals surface area contributed by atoms with Crippen LogP contribution in [0.3, 0.4) is 0 Å². The van der Waals surface area contributed by atoms with E-state index in [0.717, 1.165) is 6.54 Å². The van der Waals surface area contributed by atoms with Crippen LogP contribution in [0.2, 0.25) is 0 Å². The molecule has 1 aromatic rings. The molecular formula is C11H20N4O. The van der Waals surface area contributed by atoms with E-state index in [1.807, 2.05) is 6.92 Å². The molecule has 16 heavy (non-hydrogen) atoms. The minimum Gasteiger partial charge on any atom is -0.406 e. The van der Waals surface area contributed by atoms with Crippen molar-refractivity contribution in [2.24, 2.45) is 11.1 Å². The quantitative estimate of drug-likeness (QED) is 0.773. The Hall–Kier alpha value is -1.10. The van der Waals surface area contributed by atoms with Crippen LogP contribution in [0, 0.1) is 5.41 Å². The molecule has 0 aromatic carbocycles. The maximum atomic E-state index is 5.65. The van der Waals surface area contributed by atoms with Gasteiger partial charge in [0.2, 0.25) is 5.89 Å². The first-order chi connectivity index (χ1) is 7.65. The topological polar surface area (TPSA) is 77.0 Å². The lowest BCUT2D eigenvalue weighted by molar-refractivity contribution is 0.451. The van der Waals surface area contributed by atoms with Crippen LogP contribution in [-0.2, 0) is 0 Å². The van der Waals surface area contributed by atoms with Gasteiger partial charge in [0.15, 0.2) is 0 Å². The Bertz CT molecular complexity index is 344. The summed E-state index contributed by atoms with van der Waals surface area (Å²) in [6, 6.07) is 0.295. The van der Waals surface area contributed by atoms with Crippen molar-refractivity contribution in [1.82, 2.24) is 10.2 Å². The molecule has 1 unspecified atom stereocenters. The van der Waals surface area contributed by atoms with Crippen molar-refractivity contribution in [2.75, 3.05) is 11.9 Å². The van der Waals surface area contributed by atoms with Crippen LogP contribution in [0.15, 0.2) is 4.42 Å². The van der Waals surface area contributed by atoms with Gasteiger partial charge in [-0.2, -0.15) is 0 Å². The first-order valence-electron chi connectivity index (χ1n) is 5.98. The fraction of sp³-hybridized carbons (Fsp3) is 0.818. The molecule has 2 rings (SSSR count). The Balaban J connectivity index is 1.85. The van der Waals surface area contributed by atoms with Crippen LogP contribution in [0.5, 0.6) is 0 Å². The van der Waals surface area contributed by atoms with E-state index in [-0.39, 0.29) is 6.04 Å². The zero-order chi connectivity index (χ0) is 11.6. The molecule has 1 aliphatic carbocycles. The Morgan fingerprint density at radius 1 is 1.50 bits per heavy atom. The second kappa shape index (κ2) is 4.41. The lowest BCUT2D eigenvalue weighted by Gasteiger charge is -2.13. The van der Waals surface area contributed by atoms with E-state index in [9.17, 15) is 0 Å². The first kappa shape index (κ1) is 11.4. The fourth-order valence-electron chi connectivity index (χ4n) is 1.98. The largest absolute Gasteiger partial charge is 0.406 e. The molecule has 1 aliphatic rings. The van der Waals surface area contributed by atoms with Crippen LogP contribution in [0.1, 0.15) is 51.5 Å². The summed E-state index contributed by atoms with van der Waals surface area (Å²) in [6.45, 7) is 4.99. The zero-order valence-corrected chi connectivity index (χ0v) is 9.99. The van der Waals surface area contributed by atoms with Gasteiger partial charge < -0.3 is 15.5 Å². The van der Waals surface area contributed by atoms with Crippen molar-refractivity contribution in [3.63, 3.8) is 0 Å². The smallest absolute Gasteiger partial charge is 0.315 e. The summed E-state index contributed by atoms with van der Waals surface area (Å²) in [5.74, 6) is 0.489. The minimum atomic E-state index is -0.200. The third-order valence-corrected chi connectivity index (χ3v) is 3.18. The van der Waals surface area contributed by atoms with Crippen LogP contribution >= 0.6 is 0 Å². The number of nitrogens with one attached hydrogen (secondary N) is 1. The lowest BCUT2D eigenvalue weighted by atomic mass is 10.0. The van der Waals surface area contributed by atoms with E-state index in [1.54, 1.807) is 0 Å². The molecule has 1 atom stereocenters. The van der Waals surface area contributed by atoms with Gasteiger partial charge in [-0.15, -0.1) is 5.10 Å². The average Bonchev–Trinajstić information content (AvgIpc) is 2.84. The summed E-state index contributed by atoms with van der Waals surface area (Å²) < 4.78 is 5.39. The van der Waals surface area contributed by atoms with Crippen LogP contribution in [0.25, 0.3) is 0 Å². The third kappa shape index (κ3) is 2.52. The maximum Gasteiger partial charge on any atom is 0.315 e. The molecule has 0 radical (unpaired) electrons. The number of nitrogens with zero attached hydrogens (tertiary/aromatic N) is 2. The van der Waals surface area contributed by atoms with E-state index in [4.69, 9.17) is 10.2 Å². The van der Waals surface area contributed by atoms with Gasteiger partial charge in [-0.3, -0.25) is 0 Å². The summed E-state index contributed by atoms with van der Waals surface area (Å²) in [5, 5.41) is 11.0. The predicted octanol–water partition coefficient (Wildman–Crippen LogP) is 2.08. The number of aromatic nitrogens is 2. The van der Waals surface area contributed by atoms with Gasteiger partial charge in [0.1, 0.15) is 0 Å². The summed E-state index contributed by atoms with van der Waals surface area (Å²) >= 11 is 0. The number of hydrogen-bond acceptors (Lipinski definition) is 5. The van der Waals surface area contributed by atoms with Crippen molar-refractivity contribution < 1.29 is 4.42 Å². The van der Waals surface area contributed by atoms with Crippen LogP contribution in [-0.4, -0.2) is 16.7 Å². The minimum absolute atomic E-state index is 0.200. The molecule has 0 aliphatic heterocycles. The Morgan fingerprint density at radius 3 is 2.75 bits per heavy atom. The molecule has 3 N–H and O–H groups in total. The van der Waals surface area contributed by atoms with Crippen molar-refractivity contribution in [3.8, 4) is 0 Å². The van der Waals surface area contributed by atoms with Gasteiger partial charge in [0.05, 0.1) is 6.04 Å². The second-order valence-corrected chi connectivity index (χ2v) is 4.84. The molecule has 0 amide bonds. The number of hydrogen-bond donors (Lipinski definition) is 2. The van der Waals surface area contributed by atoms with Gasteiger partial charge in [0, 0.05) is 6.54 Å². The highest BCUT2D eigenvalue weighted by Crippen LogP contribution is 2.49. The maximum absolute atomic E-state index is 5.65. The van der Waals surface area contributed by atoms with Crippen LogP contribution in [0.4, 0.5) is 6.01 Å². The monoisotopic (exact) mass is 224 g/mol. The summed E-state index contributed by atoms with van der Waals surface area (Å²) in [7, 11) is 0. The van der Waals surface area contributed by atoms with Gasteiger partial charge in [-0.25, -0.2) is 0 Å². The molecule has 90 valence electrons. The highest BCUT2D eigenvalue weighted by Gasteiger charge is 2.41. The molecule has 1 fully saturated rings.